The third-order valence-electron chi connectivity index (χ3n) is 6.58. The fraction of sp³-hybridized carbons (Fsp3) is 0.296. The molecule has 2 N–H and O–H groups in total. The number of aromatic carboxylic acids is 1. The molecular weight excluding hydrogens is 462 g/mol. The van der Waals surface area contributed by atoms with Gasteiger partial charge in [0.15, 0.2) is 0 Å². The van der Waals surface area contributed by atoms with Crippen LogP contribution >= 0.6 is 0 Å². The molecule has 3 aromatic carbocycles. The zero-order valence-corrected chi connectivity index (χ0v) is 21.3. The van der Waals surface area contributed by atoms with Gasteiger partial charge in [0.2, 0.25) is 0 Å². The summed E-state index contributed by atoms with van der Waals surface area (Å²) >= 11 is 0. The van der Waals surface area contributed by atoms with Crippen LogP contribution in [-0.4, -0.2) is 45.2 Å². The second-order valence-corrected chi connectivity index (χ2v) is 10.9. The lowest BCUT2D eigenvalue weighted by Gasteiger charge is -2.43. The Bertz CT molecular complexity index is 1370. The molecular formula is C27H31N3O4S. The van der Waals surface area contributed by atoms with Crippen LogP contribution in [-0.2, 0) is 10.0 Å². The van der Waals surface area contributed by atoms with Crippen molar-refractivity contribution in [1.82, 2.24) is 0 Å². The van der Waals surface area contributed by atoms with Crippen molar-refractivity contribution in [3.8, 4) is 0 Å². The summed E-state index contributed by atoms with van der Waals surface area (Å²) in [7, 11) is -3.91. The van der Waals surface area contributed by atoms with Gasteiger partial charge in [-0.3, -0.25) is 4.72 Å². The van der Waals surface area contributed by atoms with Crippen molar-refractivity contribution in [2.24, 2.45) is 0 Å². The first-order valence-electron chi connectivity index (χ1n) is 11.6. The summed E-state index contributed by atoms with van der Waals surface area (Å²) in [5.41, 5.74) is 5.18. The number of hydrogen-bond donors (Lipinski definition) is 2. The van der Waals surface area contributed by atoms with Crippen molar-refractivity contribution in [2.45, 2.75) is 38.6 Å². The van der Waals surface area contributed by atoms with Crippen molar-refractivity contribution in [1.29, 1.82) is 0 Å². The molecule has 0 unspecified atom stereocenters. The molecule has 1 heterocycles. The average Bonchev–Trinajstić information content (AvgIpc) is 2.80. The molecule has 8 heteroatoms. The van der Waals surface area contributed by atoms with Crippen molar-refractivity contribution in [3.05, 3.63) is 82.9 Å². The Kier molecular flexibility index (Phi) is 6.76. The van der Waals surface area contributed by atoms with Crippen LogP contribution in [0.1, 0.15) is 34.0 Å². The van der Waals surface area contributed by atoms with E-state index in [9.17, 15) is 18.3 Å². The lowest BCUT2D eigenvalue weighted by molar-refractivity contribution is 0.0697. The number of nitrogens with zero attached hydrogens (tertiary/aromatic N) is 2. The number of carboxylic acids is 1. The van der Waals surface area contributed by atoms with Gasteiger partial charge in [-0.15, -0.1) is 0 Å². The molecule has 1 atom stereocenters. The minimum atomic E-state index is -3.91. The minimum Gasteiger partial charge on any atom is -0.478 e. The van der Waals surface area contributed by atoms with Crippen LogP contribution in [0.4, 0.5) is 17.1 Å². The van der Waals surface area contributed by atoms with Gasteiger partial charge in [0, 0.05) is 31.4 Å². The van der Waals surface area contributed by atoms with Crippen molar-refractivity contribution >= 4 is 33.1 Å². The van der Waals surface area contributed by atoms with Gasteiger partial charge >= 0.3 is 5.97 Å². The van der Waals surface area contributed by atoms with Crippen molar-refractivity contribution in [2.75, 3.05) is 34.2 Å². The van der Waals surface area contributed by atoms with Crippen LogP contribution in [0.15, 0.2) is 65.6 Å². The van der Waals surface area contributed by atoms with Crippen LogP contribution in [0.2, 0.25) is 0 Å². The Labute approximate surface area is 207 Å². The lowest BCUT2D eigenvalue weighted by Crippen LogP contribution is -2.52. The molecule has 1 aliphatic rings. The molecule has 0 saturated carbocycles. The normalized spacial score (nSPS) is 16.3. The topological polar surface area (TPSA) is 89.9 Å². The van der Waals surface area contributed by atoms with E-state index in [1.807, 2.05) is 19.9 Å². The summed E-state index contributed by atoms with van der Waals surface area (Å²) in [6.07, 6.45) is 0. The molecule has 4 rings (SSSR count). The molecule has 184 valence electrons. The number of hydrogen-bond acceptors (Lipinski definition) is 5. The highest BCUT2D eigenvalue weighted by molar-refractivity contribution is 7.92. The molecule has 0 aliphatic carbocycles. The van der Waals surface area contributed by atoms with Gasteiger partial charge in [-0.2, -0.15) is 0 Å². The largest absolute Gasteiger partial charge is 0.478 e. The van der Waals surface area contributed by atoms with E-state index in [4.69, 9.17) is 0 Å². The monoisotopic (exact) mass is 493 g/mol. The second-order valence-electron chi connectivity index (χ2n) is 9.22. The maximum Gasteiger partial charge on any atom is 0.335 e. The number of benzene rings is 3. The minimum absolute atomic E-state index is 0.0259. The fourth-order valence-corrected chi connectivity index (χ4v) is 5.63. The van der Waals surface area contributed by atoms with Gasteiger partial charge < -0.3 is 14.9 Å². The summed E-state index contributed by atoms with van der Waals surface area (Å²) < 4.78 is 29.1. The standard InChI is InChI=1S/C27H31N3O4S/c1-18-6-5-7-23(14-18)30-13-12-29(17-21(30)4)26-11-9-22(27(31)32)16-25(26)28-35(33,34)24-10-8-19(2)20(3)15-24/h5-11,14-16,21,28H,12-13,17H2,1-4H3,(H,31,32)/t21-/m1/s1. The van der Waals surface area contributed by atoms with E-state index in [2.05, 4.69) is 46.6 Å². The van der Waals surface area contributed by atoms with E-state index in [-0.39, 0.29) is 22.2 Å². The molecule has 35 heavy (non-hydrogen) atoms. The summed E-state index contributed by atoms with van der Waals surface area (Å²) in [5, 5.41) is 9.52. The predicted molar refractivity (Wildman–Crippen MR) is 140 cm³/mol. The van der Waals surface area contributed by atoms with Crippen molar-refractivity contribution in [3.63, 3.8) is 0 Å². The van der Waals surface area contributed by atoms with Crippen molar-refractivity contribution < 1.29 is 18.3 Å². The Balaban J connectivity index is 1.64. The number of piperazine rings is 1. The van der Waals surface area contributed by atoms with Crippen LogP contribution in [0.25, 0.3) is 0 Å². The first-order valence-corrected chi connectivity index (χ1v) is 13.1. The molecule has 7 nitrogen and oxygen atoms in total. The Morgan fingerprint density at radius 2 is 1.74 bits per heavy atom. The summed E-state index contributed by atoms with van der Waals surface area (Å²) in [5.74, 6) is -1.11. The molecule has 3 aromatic rings. The zero-order chi connectivity index (χ0) is 25.3. The van der Waals surface area contributed by atoms with E-state index in [0.29, 0.717) is 18.8 Å². The number of anilines is 3. The number of sulfonamides is 1. The van der Waals surface area contributed by atoms with Crippen LogP contribution in [0, 0.1) is 20.8 Å². The number of rotatable bonds is 6. The molecule has 1 saturated heterocycles. The highest BCUT2D eigenvalue weighted by Crippen LogP contribution is 2.32. The molecule has 1 fully saturated rings. The third kappa shape index (κ3) is 5.27. The summed E-state index contributed by atoms with van der Waals surface area (Å²) in [6, 6.07) is 18.1. The first kappa shape index (κ1) is 24.6. The smallest absolute Gasteiger partial charge is 0.335 e. The molecule has 0 radical (unpaired) electrons. The van der Waals surface area contributed by atoms with Gasteiger partial charge in [0.05, 0.1) is 21.8 Å². The Hall–Kier alpha value is -3.52. The summed E-state index contributed by atoms with van der Waals surface area (Å²) in [6.45, 7) is 10.1. The average molecular weight is 494 g/mol. The maximum absolute atomic E-state index is 13.2. The Morgan fingerprint density at radius 1 is 0.971 bits per heavy atom. The molecule has 0 bridgehead atoms. The molecule has 0 amide bonds. The van der Waals surface area contributed by atoms with Gasteiger partial charge in [0.1, 0.15) is 0 Å². The van der Waals surface area contributed by atoms with Gasteiger partial charge in [-0.1, -0.05) is 18.2 Å². The third-order valence-corrected chi connectivity index (χ3v) is 7.94. The van der Waals surface area contributed by atoms with E-state index < -0.39 is 16.0 Å². The van der Waals surface area contributed by atoms with E-state index in [0.717, 1.165) is 23.4 Å². The quantitative estimate of drug-likeness (QED) is 0.511. The van der Waals surface area contributed by atoms with Gasteiger partial charge in [-0.05, 0) is 86.8 Å². The van der Waals surface area contributed by atoms with Crippen LogP contribution in [0.3, 0.4) is 0 Å². The Morgan fingerprint density at radius 3 is 2.40 bits per heavy atom. The van der Waals surface area contributed by atoms with Crippen LogP contribution in [0.5, 0.6) is 0 Å². The van der Waals surface area contributed by atoms with E-state index in [1.165, 1.54) is 17.7 Å². The number of nitrogens with one attached hydrogen (secondary N) is 1. The van der Waals surface area contributed by atoms with Gasteiger partial charge in [0.25, 0.3) is 10.0 Å². The van der Waals surface area contributed by atoms with E-state index >= 15 is 0 Å². The van der Waals surface area contributed by atoms with E-state index in [1.54, 1.807) is 24.3 Å². The SMILES string of the molecule is Cc1cccc(N2CCN(c3ccc(C(=O)O)cc3NS(=O)(=O)c3ccc(C)c(C)c3)C[C@H]2C)c1. The summed E-state index contributed by atoms with van der Waals surface area (Å²) in [4.78, 5) is 16.2. The number of carbonyl (C=O) groups is 1. The number of aryl methyl sites for hydroxylation is 3. The highest BCUT2D eigenvalue weighted by Gasteiger charge is 2.27. The van der Waals surface area contributed by atoms with Crippen LogP contribution < -0.4 is 14.5 Å². The fourth-order valence-electron chi connectivity index (χ4n) is 4.48. The predicted octanol–water partition coefficient (Wildman–Crippen LogP) is 4.83. The molecule has 1 aliphatic heterocycles. The highest BCUT2D eigenvalue weighted by atomic mass is 32.2. The second kappa shape index (κ2) is 9.62. The number of carboxylic acid groups (broad SMARTS) is 1. The van der Waals surface area contributed by atoms with Gasteiger partial charge in [-0.25, -0.2) is 13.2 Å². The lowest BCUT2D eigenvalue weighted by atomic mass is 10.1. The zero-order valence-electron chi connectivity index (χ0n) is 20.4. The molecule has 0 aromatic heterocycles. The maximum atomic E-state index is 13.2. The molecule has 0 spiro atoms. The first-order chi connectivity index (χ1) is 16.5.